The van der Waals surface area contributed by atoms with Gasteiger partial charge in [0.1, 0.15) is 0 Å². The molecule has 1 heterocycles. The Morgan fingerprint density at radius 2 is 2.05 bits per heavy atom. The molecule has 0 aliphatic heterocycles. The number of hydrogen-bond donors (Lipinski definition) is 1. The summed E-state index contributed by atoms with van der Waals surface area (Å²) in [6.07, 6.45) is 4.40. The molecule has 1 aromatic rings. The summed E-state index contributed by atoms with van der Waals surface area (Å²) in [5.74, 6) is 2.93. The number of aromatic nitrogens is 2. The molecule has 108 valence electrons. The van der Waals surface area contributed by atoms with Crippen LogP contribution in [0.4, 0.5) is 0 Å². The highest BCUT2D eigenvalue weighted by Crippen LogP contribution is 2.39. The van der Waals surface area contributed by atoms with Gasteiger partial charge in [-0.25, -0.2) is 0 Å². The normalized spacial score (nSPS) is 26.8. The third-order valence-electron chi connectivity index (χ3n) is 4.46. The maximum atomic E-state index is 9.86. The molecule has 0 aromatic carbocycles. The van der Waals surface area contributed by atoms with Crippen LogP contribution in [0.2, 0.25) is 0 Å². The third-order valence-corrected chi connectivity index (χ3v) is 4.46. The van der Waals surface area contributed by atoms with Gasteiger partial charge in [-0.1, -0.05) is 32.3 Å². The van der Waals surface area contributed by atoms with Crippen molar-refractivity contribution >= 4 is 0 Å². The Balaban J connectivity index is 2.10. The van der Waals surface area contributed by atoms with Crippen LogP contribution < -0.4 is 0 Å². The molecule has 1 N–H and O–H groups in total. The number of rotatable bonds is 5. The van der Waals surface area contributed by atoms with E-state index in [1.54, 1.807) is 6.92 Å². The molecule has 2 rings (SSSR count). The average Bonchev–Trinajstić information content (AvgIpc) is 2.95. The van der Waals surface area contributed by atoms with E-state index in [9.17, 15) is 5.11 Å². The first-order chi connectivity index (χ1) is 9.02. The molecule has 0 saturated heterocycles. The van der Waals surface area contributed by atoms with Gasteiger partial charge in [-0.05, 0) is 38.0 Å². The van der Waals surface area contributed by atoms with Crippen molar-refractivity contribution in [2.24, 2.45) is 11.8 Å². The lowest BCUT2D eigenvalue weighted by Gasteiger charge is -2.19. The van der Waals surface area contributed by atoms with E-state index in [1.807, 2.05) is 0 Å². The van der Waals surface area contributed by atoms with Gasteiger partial charge < -0.3 is 9.63 Å². The summed E-state index contributed by atoms with van der Waals surface area (Å²) in [6.45, 7) is 8.18. The fourth-order valence-corrected chi connectivity index (χ4v) is 3.28. The predicted octanol–water partition coefficient (Wildman–Crippen LogP) is 3.48. The van der Waals surface area contributed by atoms with Crippen LogP contribution in [0.15, 0.2) is 4.52 Å². The van der Waals surface area contributed by atoms with Crippen molar-refractivity contribution in [3.05, 3.63) is 11.7 Å². The van der Waals surface area contributed by atoms with Gasteiger partial charge >= 0.3 is 0 Å². The summed E-state index contributed by atoms with van der Waals surface area (Å²) in [7, 11) is 0. The molecule has 4 nitrogen and oxygen atoms in total. The van der Waals surface area contributed by atoms with E-state index in [0.29, 0.717) is 17.7 Å². The van der Waals surface area contributed by atoms with E-state index in [-0.39, 0.29) is 5.92 Å². The van der Waals surface area contributed by atoms with Gasteiger partial charge in [0.05, 0.1) is 12.0 Å². The molecule has 1 aliphatic carbocycles. The number of aliphatic hydroxyl groups is 1. The lowest BCUT2D eigenvalue weighted by Crippen LogP contribution is -2.20. The summed E-state index contributed by atoms with van der Waals surface area (Å²) >= 11 is 0. The Bertz CT molecular complexity index is 393. The van der Waals surface area contributed by atoms with Crippen LogP contribution in [-0.4, -0.2) is 21.4 Å². The zero-order chi connectivity index (χ0) is 14.0. The fraction of sp³-hybridized carbons (Fsp3) is 0.867. The molecule has 0 radical (unpaired) electrons. The minimum Gasteiger partial charge on any atom is -0.393 e. The fourth-order valence-electron chi connectivity index (χ4n) is 3.28. The van der Waals surface area contributed by atoms with Gasteiger partial charge in [-0.2, -0.15) is 4.98 Å². The molecule has 0 bridgehead atoms. The Morgan fingerprint density at radius 3 is 2.58 bits per heavy atom. The second-order valence-corrected chi connectivity index (χ2v) is 6.29. The summed E-state index contributed by atoms with van der Waals surface area (Å²) in [6, 6.07) is 0. The number of nitrogens with zero attached hydrogens (tertiary/aromatic N) is 2. The van der Waals surface area contributed by atoms with Gasteiger partial charge in [0.15, 0.2) is 5.82 Å². The first-order valence-electron chi connectivity index (χ1n) is 7.54. The Kier molecular flexibility index (Phi) is 4.61. The van der Waals surface area contributed by atoms with Crippen LogP contribution in [0.3, 0.4) is 0 Å². The summed E-state index contributed by atoms with van der Waals surface area (Å²) in [4.78, 5) is 4.57. The lowest BCUT2D eigenvalue weighted by molar-refractivity contribution is 0.120. The molecule has 1 saturated carbocycles. The Hall–Kier alpha value is -0.900. The zero-order valence-electron chi connectivity index (χ0n) is 12.5. The largest absolute Gasteiger partial charge is 0.393 e. The first-order valence-corrected chi connectivity index (χ1v) is 7.54. The van der Waals surface area contributed by atoms with E-state index in [1.165, 1.54) is 25.7 Å². The predicted molar refractivity (Wildman–Crippen MR) is 73.9 cm³/mol. The second-order valence-electron chi connectivity index (χ2n) is 6.29. The van der Waals surface area contributed by atoms with Crippen molar-refractivity contribution in [3.63, 3.8) is 0 Å². The molecule has 0 amide bonds. The van der Waals surface area contributed by atoms with Crippen molar-refractivity contribution in [1.82, 2.24) is 10.1 Å². The van der Waals surface area contributed by atoms with Crippen molar-refractivity contribution < 1.29 is 9.63 Å². The summed E-state index contributed by atoms with van der Waals surface area (Å²) < 4.78 is 5.41. The quantitative estimate of drug-likeness (QED) is 0.886. The monoisotopic (exact) mass is 266 g/mol. The van der Waals surface area contributed by atoms with Crippen LogP contribution >= 0.6 is 0 Å². The average molecular weight is 266 g/mol. The van der Waals surface area contributed by atoms with Gasteiger partial charge in [0, 0.05) is 5.92 Å². The molecule has 19 heavy (non-hydrogen) atoms. The third kappa shape index (κ3) is 3.16. The molecule has 1 aliphatic rings. The standard InChI is InChI=1S/C15H26N2O2/c1-5-11-6-7-12(8-11)14-16-15(19-17-14)13(9(2)3)10(4)18/h9-13,18H,5-8H2,1-4H3. The topological polar surface area (TPSA) is 59.2 Å². The zero-order valence-corrected chi connectivity index (χ0v) is 12.5. The minimum absolute atomic E-state index is 0.0652. The molecule has 1 fully saturated rings. The van der Waals surface area contributed by atoms with Crippen LogP contribution in [0.5, 0.6) is 0 Å². The lowest BCUT2D eigenvalue weighted by atomic mass is 9.91. The van der Waals surface area contributed by atoms with Crippen LogP contribution in [0, 0.1) is 11.8 Å². The highest BCUT2D eigenvalue weighted by atomic mass is 16.5. The van der Waals surface area contributed by atoms with E-state index in [0.717, 1.165) is 11.7 Å². The highest BCUT2D eigenvalue weighted by Gasteiger charge is 2.31. The SMILES string of the molecule is CCC1CCC(c2noc(C(C(C)C)C(C)O)n2)C1. The first kappa shape index (κ1) is 14.5. The molecule has 1 aromatic heterocycles. The molecule has 0 spiro atoms. The minimum atomic E-state index is -0.458. The van der Waals surface area contributed by atoms with Crippen LogP contribution in [0.1, 0.15) is 76.9 Å². The van der Waals surface area contributed by atoms with Crippen LogP contribution in [0.25, 0.3) is 0 Å². The van der Waals surface area contributed by atoms with Gasteiger partial charge in [0.2, 0.25) is 5.89 Å². The molecule has 4 atom stereocenters. The number of aliphatic hydroxyl groups excluding tert-OH is 1. The van der Waals surface area contributed by atoms with E-state index < -0.39 is 6.10 Å². The second kappa shape index (κ2) is 6.04. The molecular weight excluding hydrogens is 240 g/mol. The molecule has 4 heteroatoms. The van der Waals surface area contributed by atoms with Crippen molar-refractivity contribution in [1.29, 1.82) is 0 Å². The molecule has 4 unspecified atom stereocenters. The highest BCUT2D eigenvalue weighted by molar-refractivity contribution is 5.03. The maximum Gasteiger partial charge on any atom is 0.232 e. The Morgan fingerprint density at radius 1 is 1.32 bits per heavy atom. The van der Waals surface area contributed by atoms with Gasteiger partial charge in [-0.15, -0.1) is 0 Å². The summed E-state index contributed by atoms with van der Waals surface area (Å²) in [5.41, 5.74) is 0. The van der Waals surface area contributed by atoms with Crippen LogP contribution in [-0.2, 0) is 0 Å². The smallest absolute Gasteiger partial charge is 0.232 e. The van der Waals surface area contributed by atoms with Crippen molar-refractivity contribution in [3.8, 4) is 0 Å². The van der Waals surface area contributed by atoms with Crippen molar-refractivity contribution in [2.75, 3.05) is 0 Å². The maximum absolute atomic E-state index is 9.86. The number of hydrogen-bond acceptors (Lipinski definition) is 4. The van der Waals surface area contributed by atoms with E-state index in [4.69, 9.17) is 4.52 Å². The van der Waals surface area contributed by atoms with Gasteiger partial charge in [0.25, 0.3) is 0 Å². The molecular formula is C15H26N2O2. The van der Waals surface area contributed by atoms with E-state index >= 15 is 0 Å². The van der Waals surface area contributed by atoms with Crippen molar-refractivity contribution in [2.45, 2.75) is 71.3 Å². The Labute approximate surface area is 115 Å². The summed E-state index contributed by atoms with van der Waals surface area (Å²) in [5, 5.41) is 14.0. The van der Waals surface area contributed by atoms with E-state index in [2.05, 4.69) is 30.9 Å². The van der Waals surface area contributed by atoms with Gasteiger partial charge in [-0.3, -0.25) is 0 Å².